The van der Waals surface area contributed by atoms with Crippen molar-refractivity contribution in [3.8, 4) is 0 Å². The number of ether oxygens (including phenoxy) is 1. The summed E-state index contributed by atoms with van der Waals surface area (Å²) in [6.07, 6.45) is 2.56. The third kappa shape index (κ3) is 4.09. The fraction of sp³-hybridized carbons (Fsp3) is 0.600. The van der Waals surface area contributed by atoms with E-state index in [1.807, 2.05) is 6.92 Å². The Balaban J connectivity index is 1.70. The van der Waals surface area contributed by atoms with Gasteiger partial charge in [0.05, 0.1) is 12.7 Å². The van der Waals surface area contributed by atoms with Crippen LogP contribution in [0.2, 0.25) is 0 Å². The molecule has 3 heteroatoms. The van der Waals surface area contributed by atoms with E-state index in [-0.39, 0.29) is 12.1 Å². The van der Waals surface area contributed by atoms with Crippen molar-refractivity contribution in [1.29, 1.82) is 0 Å². The molecule has 0 bridgehead atoms. The van der Waals surface area contributed by atoms with Gasteiger partial charge in [0.25, 0.3) is 0 Å². The Hall–Kier alpha value is -0.900. The molecule has 1 saturated heterocycles. The number of benzene rings is 1. The first kappa shape index (κ1) is 13.5. The molecular formula is C15H24N2O. The van der Waals surface area contributed by atoms with E-state index in [1.165, 1.54) is 12.0 Å². The molecule has 0 saturated carbocycles. The molecule has 1 fully saturated rings. The highest BCUT2D eigenvalue weighted by Gasteiger charge is 2.22. The predicted molar refractivity (Wildman–Crippen MR) is 74.6 cm³/mol. The summed E-state index contributed by atoms with van der Waals surface area (Å²) in [6.45, 7) is 6.00. The van der Waals surface area contributed by atoms with Crippen LogP contribution in [0.4, 0.5) is 0 Å². The van der Waals surface area contributed by atoms with Gasteiger partial charge < -0.3 is 10.5 Å². The highest BCUT2D eigenvalue weighted by molar-refractivity contribution is 5.14. The summed E-state index contributed by atoms with van der Waals surface area (Å²) in [6, 6.07) is 10.8. The molecule has 3 nitrogen and oxygen atoms in total. The van der Waals surface area contributed by atoms with E-state index in [0.717, 1.165) is 32.7 Å². The van der Waals surface area contributed by atoms with Crippen LogP contribution in [0.1, 0.15) is 18.9 Å². The van der Waals surface area contributed by atoms with Crippen LogP contribution in [-0.4, -0.2) is 43.3 Å². The predicted octanol–water partition coefficient (Wildman–Crippen LogP) is 1.67. The Labute approximate surface area is 110 Å². The Morgan fingerprint density at radius 1 is 1.39 bits per heavy atom. The zero-order valence-corrected chi connectivity index (χ0v) is 11.2. The molecule has 0 spiro atoms. The van der Waals surface area contributed by atoms with Crippen LogP contribution >= 0.6 is 0 Å². The third-order valence-corrected chi connectivity index (χ3v) is 3.55. The lowest BCUT2D eigenvalue weighted by Crippen LogP contribution is -2.49. The van der Waals surface area contributed by atoms with Gasteiger partial charge in [0, 0.05) is 19.1 Å². The fourth-order valence-corrected chi connectivity index (χ4v) is 2.40. The molecule has 1 aliphatic heterocycles. The number of rotatable bonds is 5. The summed E-state index contributed by atoms with van der Waals surface area (Å²) < 4.78 is 5.67. The van der Waals surface area contributed by atoms with Gasteiger partial charge in [-0.3, -0.25) is 4.90 Å². The molecule has 2 rings (SSSR count). The number of nitrogens with zero attached hydrogens (tertiary/aromatic N) is 1. The molecule has 2 unspecified atom stereocenters. The molecule has 1 heterocycles. The van der Waals surface area contributed by atoms with Gasteiger partial charge in [0.1, 0.15) is 0 Å². The minimum absolute atomic E-state index is 0.127. The largest absolute Gasteiger partial charge is 0.374 e. The number of nitrogens with two attached hydrogens (primary N) is 1. The maximum absolute atomic E-state index is 5.90. The summed E-state index contributed by atoms with van der Waals surface area (Å²) in [5, 5.41) is 0. The average Bonchev–Trinajstić information content (AvgIpc) is 2.40. The minimum Gasteiger partial charge on any atom is -0.374 e. The summed E-state index contributed by atoms with van der Waals surface area (Å²) in [4.78, 5) is 2.47. The van der Waals surface area contributed by atoms with Gasteiger partial charge in [-0.2, -0.15) is 0 Å². The van der Waals surface area contributed by atoms with Crippen molar-refractivity contribution in [2.24, 2.45) is 5.73 Å². The van der Waals surface area contributed by atoms with Crippen LogP contribution in [0.5, 0.6) is 0 Å². The molecule has 0 aromatic heterocycles. The van der Waals surface area contributed by atoms with E-state index >= 15 is 0 Å². The molecule has 2 N–H and O–H groups in total. The minimum atomic E-state index is 0.127. The lowest BCUT2D eigenvalue weighted by Gasteiger charge is -2.34. The van der Waals surface area contributed by atoms with E-state index in [4.69, 9.17) is 10.5 Å². The van der Waals surface area contributed by atoms with Gasteiger partial charge in [-0.25, -0.2) is 0 Å². The van der Waals surface area contributed by atoms with Gasteiger partial charge >= 0.3 is 0 Å². The number of hydrogen-bond donors (Lipinski definition) is 1. The number of aryl methyl sites for hydroxylation is 1. The van der Waals surface area contributed by atoms with Crippen molar-refractivity contribution in [1.82, 2.24) is 4.90 Å². The van der Waals surface area contributed by atoms with Crippen LogP contribution < -0.4 is 5.73 Å². The van der Waals surface area contributed by atoms with Gasteiger partial charge in [0.2, 0.25) is 0 Å². The Morgan fingerprint density at radius 2 is 2.17 bits per heavy atom. The smallest absolute Gasteiger partial charge is 0.0850 e. The summed E-state index contributed by atoms with van der Waals surface area (Å²) in [5.74, 6) is 0. The van der Waals surface area contributed by atoms with Crippen molar-refractivity contribution in [3.63, 3.8) is 0 Å². The molecular weight excluding hydrogens is 224 g/mol. The van der Waals surface area contributed by atoms with Crippen LogP contribution in [0.15, 0.2) is 30.3 Å². The van der Waals surface area contributed by atoms with Gasteiger partial charge in [-0.15, -0.1) is 0 Å². The molecule has 0 amide bonds. The van der Waals surface area contributed by atoms with Crippen molar-refractivity contribution in [2.75, 3.05) is 26.2 Å². The van der Waals surface area contributed by atoms with Crippen LogP contribution in [0.25, 0.3) is 0 Å². The number of morpholine rings is 1. The highest BCUT2D eigenvalue weighted by atomic mass is 16.5. The highest BCUT2D eigenvalue weighted by Crippen LogP contribution is 2.09. The van der Waals surface area contributed by atoms with Gasteiger partial charge in [-0.1, -0.05) is 30.3 Å². The Bertz CT molecular complexity index is 340. The molecule has 100 valence electrons. The van der Waals surface area contributed by atoms with Gasteiger partial charge in [-0.05, 0) is 31.9 Å². The number of hydrogen-bond acceptors (Lipinski definition) is 3. The second-order valence-electron chi connectivity index (χ2n) is 5.16. The molecule has 0 radical (unpaired) electrons. The van der Waals surface area contributed by atoms with E-state index in [2.05, 4.69) is 35.2 Å². The fourth-order valence-electron chi connectivity index (χ4n) is 2.40. The van der Waals surface area contributed by atoms with Crippen LogP contribution in [0.3, 0.4) is 0 Å². The Morgan fingerprint density at radius 3 is 2.89 bits per heavy atom. The van der Waals surface area contributed by atoms with E-state index in [1.54, 1.807) is 0 Å². The summed E-state index contributed by atoms with van der Waals surface area (Å²) in [7, 11) is 0. The first-order valence-corrected chi connectivity index (χ1v) is 6.89. The Kier molecular flexibility index (Phi) is 5.17. The topological polar surface area (TPSA) is 38.5 Å². The molecule has 0 aliphatic carbocycles. The van der Waals surface area contributed by atoms with E-state index in [0.29, 0.717) is 0 Å². The lowest BCUT2D eigenvalue weighted by molar-refractivity contribution is -0.0377. The molecule has 1 aromatic carbocycles. The second-order valence-corrected chi connectivity index (χ2v) is 5.16. The average molecular weight is 248 g/mol. The zero-order valence-electron chi connectivity index (χ0n) is 11.2. The molecule has 18 heavy (non-hydrogen) atoms. The van der Waals surface area contributed by atoms with Crippen molar-refractivity contribution >= 4 is 0 Å². The first-order valence-electron chi connectivity index (χ1n) is 6.89. The second kappa shape index (κ2) is 6.88. The van der Waals surface area contributed by atoms with Gasteiger partial charge in [0.15, 0.2) is 0 Å². The maximum atomic E-state index is 5.90. The normalized spacial score (nSPS) is 22.9. The monoisotopic (exact) mass is 248 g/mol. The molecule has 1 aromatic rings. The van der Waals surface area contributed by atoms with Crippen molar-refractivity contribution in [3.05, 3.63) is 35.9 Å². The standard InChI is InChI=1S/C15H24N2O/c1-13(16)15-12-17(10-11-18-15)9-5-8-14-6-3-2-4-7-14/h2-4,6-7,13,15H,5,8-12,16H2,1H3. The van der Waals surface area contributed by atoms with Crippen molar-refractivity contribution in [2.45, 2.75) is 31.9 Å². The van der Waals surface area contributed by atoms with Crippen LogP contribution in [-0.2, 0) is 11.2 Å². The first-order chi connectivity index (χ1) is 8.75. The summed E-state index contributed by atoms with van der Waals surface area (Å²) >= 11 is 0. The van der Waals surface area contributed by atoms with E-state index in [9.17, 15) is 0 Å². The zero-order chi connectivity index (χ0) is 12.8. The quantitative estimate of drug-likeness (QED) is 0.861. The van der Waals surface area contributed by atoms with Crippen LogP contribution in [0, 0.1) is 0 Å². The van der Waals surface area contributed by atoms with Crippen molar-refractivity contribution < 1.29 is 4.74 Å². The third-order valence-electron chi connectivity index (χ3n) is 3.55. The molecule has 2 atom stereocenters. The molecule has 1 aliphatic rings. The maximum Gasteiger partial charge on any atom is 0.0850 e. The lowest BCUT2D eigenvalue weighted by atomic mass is 10.1. The van der Waals surface area contributed by atoms with E-state index < -0.39 is 0 Å². The summed E-state index contributed by atoms with van der Waals surface area (Å²) in [5.41, 5.74) is 7.32. The SMILES string of the molecule is CC(N)C1CN(CCCc2ccccc2)CCO1.